The lowest BCUT2D eigenvalue weighted by Crippen LogP contribution is -2.15. The van der Waals surface area contributed by atoms with E-state index in [0.29, 0.717) is 19.0 Å². The van der Waals surface area contributed by atoms with Crippen LogP contribution in [-0.2, 0) is 0 Å². The fraction of sp³-hybridized carbons (Fsp3) is 0.200. The second-order valence-electron chi connectivity index (χ2n) is 4.47. The van der Waals surface area contributed by atoms with Gasteiger partial charge in [0, 0.05) is 14.5 Å². The monoisotopic (exact) mass is 398 g/mol. The summed E-state index contributed by atoms with van der Waals surface area (Å²) in [5, 5.41) is 10.6. The molecule has 104 valence electrons. The van der Waals surface area contributed by atoms with Crippen LogP contribution in [0, 0.1) is 0 Å². The van der Waals surface area contributed by atoms with E-state index in [1.807, 2.05) is 36.4 Å². The Hall–Kier alpha value is -1.04. The SMILES string of the molecule is OC(c1ccc2c(c1)OCCO2)c1cc(Br)ccc1Br. The molecule has 0 bridgehead atoms. The summed E-state index contributed by atoms with van der Waals surface area (Å²) in [4.78, 5) is 0. The molecule has 0 amide bonds. The lowest BCUT2D eigenvalue weighted by atomic mass is 10.0. The smallest absolute Gasteiger partial charge is 0.161 e. The lowest BCUT2D eigenvalue weighted by molar-refractivity contribution is 0.169. The van der Waals surface area contributed by atoms with E-state index >= 15 is 0 Å². The van der Waals surface area contributed by atoms with Crippen LogP contribution in [0.5, 0.6) is 11.5 Å². The average Bonchev–Trinajstić information content (AvgIpc) is 2.48. The Kier molecular flexibility index (Phi) is 4.01. The van der Waals surface area contributed by atoms with Crippen molar-refractivity contribution in [3.05, 3.63) is 56.5 Å². The minimum atomic E-state index is -0.724. The van der Waals surface area contributed by atoms with Gasteiger partial charge in [-0.25, -0.2) is 0 Å². The molecule has 1 aliphatic rings. The van der Waals surface area contributed by atoms with Crippen molar-refractivity contribution >= 4 is 31.9 Å². The molecule has 0 radical (unpaired) electrons. The Bertz CT molecular complexity index is 643. The van der Waals surface area contributed by atoms with E-state index < -0.39 is 6.10 Å². The fourth-order valence-electron chi connectivity index (χ4n) is 2.13. The van der Waals surface area contributed by atoms with Crippen LogP contribution in [0.2, 0.25) is 0 Å². The number of hydrogen-bond donors (Lipinski definition) is 1. The quantitative estimate of drug-likeness (QED) is 0.827. The number of hydrogen-bond acceptors (Lipinski definition) is 3. The van der Waals surface area contributed by atoms with Crippen molar-refractivity contribution in [2.24, 2.45) is 0 Å². The Morgan fingerprint density at radius 2 is 1.70 bits per heavy atom. The second-order valence-corrected chi connectivity index (χ2v) is 6.24. The van der Waals surface area contributed by atoms with Crippen LogP contribution in [0.15, 0.2) is 45.3 Å². The van der Waals surface area contributed by atoms with Crippen molar-refractivity contribution in [1.82, 2.24) is 0 Å². The highest BCUT2D eigenvalue weighted by Crippen LogP contribution is 2.36. The Labute approximate surface area is 133 Å². The summed E-state index contributed by atoms with van der Waals surface area (Å²) in [6.45, 7) is 1.10. The number of benzene rings is 2. The fourth-order valence-corrected chi connectivity index (χ4v) is 2.98. The zero-order valence-corrected chi connectivity index (χ0v) is 13.6. The van der Waals surface area contributed by atoms with Crippen molar-refractivity contribution in [1.29, 1.82) is 0 Å². The number of rotatable bonds is 2. The van der Waals surface area contributed by atoms with Crippen LogP contribution in [0.25, 0.3) is 0 Å². The van der Waals surface area contributed by atoms with Crippen molar-refractivity contribution in [3.63, 3.8) is 0 Å². The molecular formula is C15H12Br2O3. The summed E-state index contributed by atoms with van der Waals surface area (Å²) in [7, 11) is 0. The molecule has 0 aliphatic carbocycles. The third-order valence-corrected chi connectivity index (χ3v) is 4.35. The van der Waals surface area contributed by atoms with Crippen molar-refractivity contribution in [2.75, 3.05) is 13.2 Å². The maximum absolute atomic E-state index is 10.6. The average molecular weight is 400 g/mol. The summed E-state index contributed by atoms with van der Waals surface area (Å²) in [6.07, 6.45) is -0.724. The Morgan fingerprint density at radius 1 is 0.950 bits per heavy atom. The molecule has 2 aromatic rings. The van der Waals surface area contributed by atoms with E-state index in [4.69, 9.17) is 9.47 Å². The summed E-state index contributed by atoms with van der Waals surface area (Å²) < 4.78 is 12.8. The lowest BCUT2D eigenvalue weighted by Gasteiger charge is -2.20. The van der Waals surface area contributed by atoms with Gasteiger partial charge in [0.1, 0.15) is 19.3 Å². The molecule has 1 aliphatic heterocycles. The Balaban J connectivity index is 1.97. The molecule has 3 rings (SSSR count). The van der Waals surface area contributed by atoms with E-state index in [1.165, 1.54) is 0 Å². The number of halogens is 2. The molecule has 3 nitrogen and oxygen atoms in total. The van der Waals surface area contributed by atoms with Gasteiger partial charge in [0.2, 0.25) is 0 Å². The summed E-state index contributed by atoms with van der Waals surface area (Å²) in [5.74, 6) is 1.40. The molecule has 2 aromatic carbocycles. The highest BCUT2D eigenvalue weighted by molar-refractivity contribution is 9.11. The summed E-state index contributed by atoms with van der Waals surface area (Å²) in [6, 6.07) is 11.2. The zero-order valence-electron chi connectivity index (χ0n) is 10.5. The summed E-state index contributed by atoms with van der Waals surface area (Å²) in [5.41, 5.74) is 1.57. The van der Waals surface area contributed by atoms with Crippen LogP contribution < -0.4 is 9.47 Å². The van der Waals surface area contributed by atoms with Crippen LogP contribution in [0.1, 0.15) is 17.2 Å². The first-order valence-corrected chi connectivity index (χ1v) is 7.76. The largest absolute Gasteiger partial charge is 0.486 e. The van der Waals surface area contributed by atoms with Gasteiger partial charge in [-0.05, 0) is 35.9 Å². The maximum atomic E-state index is 10.6. The van der Waals surface area contributed by atoms with Crippen LogP contribution in [0.3, 0.4) is 0 Å². The number of aliphatic hydroxyl groups is 1. The molecule has 1 unspecified atom stereocenters. The number of aliphatic hydroxyl groups excluding tert-OH is 1. The highest BCUT2D eigenvalue weighted by atomic mass is 79.9. The minimum absolute atomic E-state index is 0.535. The van der Waals surface area contributed by atoms with Crippen LogP contribution in [-0.4, -0.2) is 18.3 Å². The molecule has 0 saturated heterocycles. The topological polar surface area (TPSA) is 38.7 Å². The van der Waals surface area contributed by atoms with Crippen LogP contribution in [0.4, 0.5) is 0 Å². The maximum Gasteiger partial charge on any atom is 0.161 e. The van der Waals surface area contributed by atoms with Gasteiger partial charge in [0.25, 0.3) is 0 Å². The van der Waals surface area contributed by atoms with Gasteiger partial charge in [-0.1, -0.05) is 37.9 Å². The number of ether oxygens (including phenoxy) is 2. The van der Waals surface area contributed by atoms with Crippen molar-refractivity contribution in [2.45, 2.75) is 6.10 Å². The number of fused-ring (bicyclic) bond motifs is 1. The molecular weight excluding hydrogens is 388 g/mol. The van der Waals surface area contributed by atoms with Gasteiger partial charge in [-0.15, -0.1) is 0 Å². The molecule has 0 aromatic heterocycles. The van der Waals surface area contributed by atoms with Crippen molar-refractivity contribution < 1.29 is 14.6 Å². The molecule has 1 heterocycles. The van der Waals surface area contributed by atoms with Gasteiger partial charge in [-0.2, -0.15) is 0 Å². The van der Waals surface area contributed by atoms with E-state index in [-0.39, 0.29) is 0 Å². The predicted octanol–water partition coefficient (Wildman–Crippen LogP) is 4.06. The van der Waals surface area contributed by atoms with E-state index in [1.54, 1.807) is 0 Å². The Morgan fingerprint density at radius 3 is 2.50 bits per heavy atom. The van der Waals surface area contributed by atoms with Gasteiger partial charge < -0.3 is 14.6 Å². The minimum Gasteiger partial charge on any atom is -0.486 e. The van der Waals surface area contributed by atoms with E-state index in [2.05, 4.69) is 31.9 Å². The van der Waals surface area contributed by atoms with E-state index in [9.17, 15) is 5.11 Å². The van der Waals surface area contributed by atoms with Gasteiger partial charge >= 0.3 is 0 Å². The standard InChI is InChI=1S/C15H12Br2O3/c16-10-2-3-12(17)11(8-10)15(18)9-1-4-13-14(7-9)20-6-5-19-13/h1-4,7-8,15,18H,5-6H2. The molecule has 20 heavy (non-hydrogen) atoms. The molecule has 1 N–H and O–H groups in total. The first-order chi connectivity index (χ1) is 9.65. The second kappa shape index (κ2) is 5.76. The van der Waals surface area contributed by atoms with Gasteiger partial charge in [-0.3, -0.25) is 0 Å². The molecule has 0 spiro atoms. The van der Waals surface area contributed by atoms with Crippen LogP contribution >= 0.6 is 31.9 Å². The van der Waals surface area contributed by atoms with Gasteiger partial charge in [0.15, 0.2) is 11.5 Å². The zero-order chi connectivity index (χ0) is 14.1. The predicted molar refractivity (Wildman–Crippen MR) is 83.3 cm³/mol. The van der Waals surface area contributed by atoms with E-state index in [0.717, 1.165) is 25.8 Å². The van der Waals surface area contributed by atoms with Crippen molar-refractivity contribution in [3.8, 4) is 11.5 Å². The van der Waals surface area contributed by atoms with Gasteiger partial charge in [0.05, 0.1) is 0 Å². The first-order valence-electron chi connectivity index (χ1n) is 6.18. The molecule has 5 heteroatoms. The molecule has 0 fully saturated rings. The third-order valence-electron chi connectivity index (χ3n) is 3.13. The summed E-state index contributed by atoms with van der Waals surface area (Å²) >= 11 is 6.89. The first kappa shape index (κ1) is 13.9. The highest BCUT2D eigenvalue weighted by Gasteiger charge is 2.18. The third kappa shape index (κ3) is 2.71. The molecule has 1 atom stereocenters. The normalized spacial score (nSPS) is 14.9. The molecule has 0 saturated carbocycles.